The number of hydrogen-bond acceptors (Lipinski definition) is 6. The van der Waals surface area contributed by atoms with E-state index in [1.54, 1.807) is 6.92 Å². The highest BCUT2D eigenvalue weighted by molar-refractivity contribution is 7.18. The van der Waals surface area contributed by atoms with Crippen molar-refractivity contribution >= 4 is 28.0 Å². The molecule has 0 aliphatic carbocycles. The van der Waals surface area contributed by atoms with E-state index in [0.717, 1.165) is 24.5 Å². The number of thiophene rings is 1. The standard InChI is InChI=1S/C13H20N2O3S/c1-3-9-8-15(5-6-18-9)11-7-10(14)12(19-11)13(16)17-4-2/h7,9H,3-6,8,14H2,1-2H3. The highest BCUT2D eigenvalue weighted by Crippen LogP contribution is 2.33. The Morgan fingerprint density at radius 2 is 2.42 bits per heavy atom. The molecule has 0 radical (unpaired) electrons. The van der Waals surface area contributed by atoms with Crippen LogP contribution in [-0.2, 0) is 9.47 Å². The van der Waals surface area contributed by atoms with E-state index in [0.29, 0.717) is 23.8 Å². The molecule has 5 nitrogen and oxygen atoms in total. The Bertz CT molecular complexity index is 447. The summed E-state index contributed by atoms with van der Waals surface area (Å²) in [7, 11) is 0. The zero-order chi connectivity index (χ0) is 13.8. The molecule has 1 aliphatic heterocycles. The smallest absolute Gasteiger partial charge is 0.350 e. The van der Waals surface area contributed by atoms with Crippen LogP contribution < -0.4 is 10.6 Å². The fourth-order valence-electron chi connectivity index (χ4n) is 2.07. The molecule has 0 amide bonds. The maximum absolute atomic E-state index is 11.7. The predicted octanol–water partition coefficient (Wildman–Crippen LogP) is 2.12. The monoisotopic (exact) mass is 284 g/mol. The SMILES string of the molecule is CCOC(=O)c1sc(N2CCOC(CC)C2)cc1N. The lowest BCUT2D eigenvalue weighted by atomic mass is 10.2. The minimum absolute atomic E-state index is 0.253. The maximum atomic E-state index is 11.7. The number of carbonyl (C=O) groups is 1. The predicted molar refractivity (Wildman–Crippen MR) is 76.9 cm³/mol. The molecule has 0 bridgehead atoms. The van der Waals surface area contributed by atoms with Crippen LogP contribution in [0.4, 0.5) is 10.7 Å². The van der Waals surface area contributed by atoms with Crippen molar-refractivity contribution in [3.63, 3.8) is 0 Å². The second-order valence-electron chi connectivity index (χ2n) is 4.44. The number of ether oxygens (including phenoxy) is 2. The summed E-state index contributed by atoms with van der Waals surface area (Å²) in [6, 6.07) is 1.86. The van der Waals surface area contributed by atoms with Crippen molar-refractivity contribution in [1.29, 1.82) is 0 Å². The van der Waals surface area contributed by atoms with Crippen molar-refractivity contribution in [2.45, 2.75) is 26.4 Å². The van der Waals surface area contributed by atoms with E-state index in [-0.39, 0.29) is 12.1 Å². The van der Waals surface area contributed by atoms with Crippen LogP contribution in [0.25, 0.3) is 0 Å². The van der Waals surface area contributed by atoms with Gasteiger partial charge in [-0.3, -0.25) is 0 Å². The average molecular weight is 284 g/mol. The van der Waals surface area contributed by atoms with E-state index >= 15 is 0 Å². The van der Waals surface area contributed by atoms with E-state index in [2.05, 4.69) is 11.8 Å². The van der Waals surface area contributed by atoms with E-state index in [1.807, 2.05) is 6.07 Å². The van der Waals surface area contributed by atoms with Gasteiger partial charge in [0.15, 0.2) is 0 Å². The van der Waals surface area contributed by atoms with Gasteiger partial charge in [-0.15, -0.1) is 11.3 Å². The normalized spacial score (nSPS) is 19.5. The van der Waals surface area contributed by atoms with Crippen molar-refractivity contribution in [2.24, 2.45) is 0 Å². The summed E-state index contributed by atoms with van der Waals surface area (Å²) in [6.07, 6.45) is 1.24. The molecular weight excluding hydrogens is 264 g/mol. The third kappa shape index (κ3) is 3.19. The zero-order valence-electron chi connectivity index (χ0n) is 11.3. The lowest BCUT2D eigenvalue weighted by molar-refractivity contribution is 0.0386. The van der Waals surface area contributed by atoms with Crippen LogP contribution in [0.15, 0.2) is 6.07 Å². The van der Waals surface area contributed by atoms with Crippen LogP contribution in [0.5, 0.6) is 0 Å². The molecular formula is C13H20N2O3S. The first-order valence-electron chi connectivity index (χ1n) is 6.58. The van der Waals surface area contributed by atoms with Crippen LogP contribution in [0.3, 0.4) is 0 Å². The molecule has 19 heavy (non-hydrogen) atoms. The lowest BCUT2D eigenvalue weighted by Crippen LogP contribution is -2.41. The number of morpholine rings is 1. The first-order chi connectivity index (χ1) is 9.15. The second kappa shape index (κ2) is 6.25. The Morgan fingerprint density at radius 1 is 1.63 bits per heavy atom. The van der Waals surface area contributed by atoms with Gasteiger partial charge in [0.05, 0.1) is 30.0 Å². The average Bonchev–Trinajstić information content (AvgIpc) is 2.81. The maximum Gasteiger partial charge on any atom is 0.350 e. The van der Waals surface area contributed by atoms with Gasteiger partial charge < -0.3 is 20.1 Å². The molecule has 1 aromatic rings. The van der Waals surface area contributed by atoms with Gasteiger partial charge in [0, 0.05) is 13.1 Å². The summed E-state index contributed by atoms with van der Waals surface area (Å²) < 4.78 is 10.6. The Hall–Kier alpha value is -1.27. The van der Waals surface area contributed by atoms with E-state index in [9.17, 15) is 4.79 Å². The van der Waals surface area contributed by atoms with E-state index in [4.69, 9.17) is 15.2 Å². The number of nitrogens with two attached hydrogens (primary N) is 1. The molecule has 1 fully saturated rings. The van der Waals surface area contributed by atoms with Crippen molar-refractivity contribution in [1.82, 2.24) is 0 Å². The molecule has 2 rings (SSSR count). The number of rotatable bonds is 4. The van der Waals surface area contributed by atoms with E-state index < -0.39 is 0 Å². The second-order valence-corrected chi connectivity index (χ2v) is 5.47. The number of nitrogens with zero attached hydrogens (tertiary/aromatic N) is 1. The fourth-order valence-corrected chi connectivity index (χ4v) is 3.08. The van der Waals surface area contributed by atoms with Gasteiger partial charge in [-0.2, -0.15) is 0 Å². The topological polar surface area (TPSA) is 64.8 Å². The van der Waals surface area contributed by atoms with Gasteiger partial charge in [-0.05, 0) is 19.4 Å². The van der Waals surface area contributed by atoms with Crippen molar-refractivity contribution in [2.75, 3.05) is 36.9 Å². The van der Waals surface area contributed by atoms with Gasteiger partial charge in [0.2, 0.25) is 0 Å². The van der Waals surface area contributed by atoms with Crippen LogP contribution in [-0.4, -0.2) is 38.4 Å². The Labute approximate surface area is 117 Å². The summed E-state index contributed by atoms with van der Waals surface area (Å²) >= 11 is 1.40. The summed E-state index contributed by atoms with van der Waals surface area (Å²) in [5.74, 6) is -0.337. The molecule has 2 heterocycles. The van der Waals surface area contributed by atoms with Crippen molar-refractivity contribution in [3.05, 3.63) is 10.9 Å². The first kappa shape index (κ1) is 14.1. The third-order valence-electron chi connectivity index (χ3n) is 3.11. The van der Waals surface area contributed by atoms with Gasteiger partial charge in [-0.1, -0.05) is 6.92 Å². The molecule has 6 heteroatoms. The van der Waals surface area contributed by atoms with Gasteiger partial charge >= 0.3 is 5.97 Å². The summed E-state index contributed by atoms with van der Waals surface area (Å²) in [4.78, 5) is 14.5. The third-order valence-corrected chi connectivity index (χ3v) is 4.31. The Balaban J connectivity index is 2.13. The van der Waals surface area contributed by atoms with Crippen LogP contribution in [0.1, 0.15) is 29.9 Å². The minimum atomic E-state index is -0.337. The first-order valence-corrected chi connectivity index (χ1v) is 7.40. The van der Waals surface area contributed by atoms with Crippen LogP contribution >= 0.6 is 11.3 Å². The summed E-state index contributed by atoms with van der Waals surface area (Å²) in [6.45, 7) is 6.65. The highest BCUT2D eigenvalue weighted by atomic mass is 32.1. The van der Waals surface area contributed by atoms with Crippen LogP contribution in [0.2, 0.25) is 0 Å². The molecule has 0 saturated carbocycles. The fraction of sp³-hybridized carbons (Fsp3) is 0.615. The molecule has 2 N–H and O–H groups in total. The van der Waals surface area contributed by atoms with Crippen molar-refractivity contribution in [3.8, 4) is 0 Å². The number of esters is 1. The van der Waals surface area contributed by atoms with Gasteiger partial charge in [-0.25, -0.2) is 4.79 Å². The van der Waals surface area contributed by atoms with E-state index in [1.165, 1.54) is 11.3 Å². The molecule has 1 aliphatic rings. The molecule has 1 atom stereocenters. The molecule has 0 spiro atoms. The van der Waals surface area contributed by atoms with Crippen LogP contribution in [0, 0.1) is 0 Å². The largest absolute Gasteiger partial charge is 0.462 e. The molecule has 1 saturated heterocycles. The quantitative estimate of drug-likeness (QED) is 0.858. The minimum Gasteiger partial charge on any atom is -0.462 e. The number of hydrogen-bond donors (Lipinski definition) is 1. The van der Waals surface area contributed by atoms with Gasteiger partial charge in [0.25, 0.3) is 0 Å². The number of anilines is 2. The highest BCUT2D eigenvalue weighted by Gasteiger charge is 2.23. The summed E-state index contributed by atoms with van der Waals surface area (Å²) in [5.41, 5.74) is 6.40. The van der Waals surface area contributed by atoms with Gasteiger partial charge in [0.1, 0.15) is 4.88 Å². The lowest BCUT2D eigenvalue weighted by Gasteiger charge is -2.33. The molecule has 0 aromatic carbocycles. The molecule has 1 unspecified atom stereocenters. The number of nitrogen functional groups attached to an aromatic ring is 1. The Kier molecular flexibility index (Phi) is 4.66. The summed E-state index contributed by atoms with van der Waals surface area (Å²) in [5, 5.41) is 1.02. The molecule has 106 valence electrons. The number of carbonyl (C=O) groups excluding carboxylic acids is 1. The Morgan fingerprint density at radius 3 is 3.11 bits per heavy atom. The molecule has 1 aromatic heterocycles. The van der Waals surface area contributed by atoms with Crippen molar-refractivity contribution < 1.29 is 14.3 Å². The zero-order valence-corrected chi connectivity index (χ0v) is 12.2.